The zero-order valence-electron chi connectivity index (χ0n) is 17.2. The molecule has 0 saturated carbocycles. The molecule has 0 saturated heterocycles. The standard InChI is InChI=1S/C6H8O6.2C3H5O6P.3Mg/c7-1-2(8)5-3(9)4(10)6(11)12-5;2*4-3(5)1-2-9-10(6,7)8;;;/h2,5,7-10H,1H2;2*1-2H,(H,4,5)(H2,6,7,8);;;/q;;;3*+2/p-6/t2-,5+;;;;;/m0...../s1. The third-order valence-corrected chi connectivity index (χ3v) is 3.02. The summed E-state index contributed by atoms with van der Waals surface area (Å²) in [6, 6.07) is 0. The van der Waals surface area contributed by atoms with Crippen LogP contribution >= 0.6 is 15.6 Å². The van der Waals surface area contributed by atoms with Gasteiger partial charge in [-0.25, -0.2) is 4.79 Å². The van der Waals surface area contributed by atoms with E-state index in [1.165, 1.54) is 0 Å². The molecule has 0 aromatic heterocycles. The van der Waals surface area contributed by atoms with Crippen molar-refractivity contribution in [3.63, 3.8) is 0 Å². The number of carboxylic acids is 2. The topological polar surface area (TPSA) is 332 Å². The van der Waals surface area contributed by atoms with Crippen molar-refractivity contribution >= 4 is 103 Å². The summed E-state index contributed by atoms with van der Waals surface area (Å²) in [6.45, 7) is -0.671. The Labute approximate surface area is 243 Å². The summed E-state index contributed by atoms with van der Waals surface area (Å²) in [7, 11) is -10.2. The van der Waals surface area contributed by atoms with E-state index >= 15 is 0 Å². The number of aliphatic carboxylic acids is 2. The number of hydrogen-bond donors (Lipinski definition) is 4. The van der Waals surface area contributed by atoms with Crippen LogP contribution in [0.4, 0.5) is 0 Å². The molecule has 184 valence electrons. The van der Waals surface area contributed by atoms with Crippen molar-refractivity contribution in [2.75, 3.05) is 6.61 Å². The minimum atomic E-state index is -5.10. The van der Waals surface area contributed by atoms with Gasteiger partial charge in [-0.3, -0.25) is 0 Å². The summed E-state index contributed by atoms with van der Waals surface area (Å²) in [5.74, 6) is -6.07. The van der Waals surface area contributed by atoms with Crippen LogP contribution in [-0.2, 0) is 37.3 Å². The molecule has 0 unspecified atom stereocenters. The zero-order valence-corrected chi connectivity index (χ0v) is 23.2. The summed E-state index contributed by atoms with van der Waals surface area (Å²) in [5, 5.41) is 54.1. The zero-order chi connectivity index (χ0) is 25.7. The Balaban J connectivity index is -0.000000124. The number of carbonyl (C=O) groups excluding carboxylic acids is 3. The molecule has 0 aromatic carbocycles. The average Bonchev–Trinajstić information content (AvgIpc) is 2.87. The number of phosphoric ester groups is 2. The molecule has 18 nitrogen and oxygen atoms in total. The van der Waals surface area contributed by atoms with Crippen LogP contribution < -0.4 is 29.8 Å². The van der Waals surface area contributed by atoms with E-state index in [9.17, 15) is 53.3 Å². The second-order valence-electron chi connectivity index (χ2n) is 4.66. The molecule has 1 heterocycles. The first-order chi connectivity index (χ1) is 14.4. The van der Waals surface area contributed by atoms with Gasteiger partial charge in [0.25, 0.3) is 0 Å². The van der Waals surface area contributed by atoms with E-state index in [0.717, 1.165) is 0 Å². The Hall–Kier alpha value is -0.651. The number of phosphoric acid groups is 2. The van der Waals surface area contributed by atoms with Crippen LogP contribution in [0.25, 0.3) is 0 Å². The number of cyclic esters (lactones) is 1. The number of ether oxygens (including phenoxy) is 1. The molecule has 2 atom stereocenters. The summed E-state index contributed by atoms with van der Waals surface area (Å²) in [4.78, 5) is 68.0. The van der Waals surface area contributed by atoms with Crippen LogP contribution in [0.2, 0.25) is 0 Å². The molecule has 23 heteroatoms. The van der Waals surface area contributed by atoms with Crippen molar-refractivity contribution in [3.05, 3.63) is 36.2 Å². The fraction of sp³-hybridized carbons (Fsp3) is 0.250. The summed E-state index contributed by atoms with van der Waals surface area (Å²) >= 11 is 0. The van der Waals surface area contributed by atoms with E-state index in [1.54, 1.807) is 0 Å². The van der Waals surface area contributed by atoms with Crippen LogP contribution in [0, 0.1) is 0 Å². The van der Waals surface area contributed by atoms with Crippen molar-refractivity contribution in [2.45, 2.75) is 12.2 Å². The van der Waals surface area contributed by atoms with Gasteiger partial charge in [-0.1, -0.05) is 0 Å². The molecule has 1 aliphatic heterocycles. The van der Waals surface area contributed by atoms with Crippen LogP contribution in [-0.4, -0.2) is 126 Å². The fourth-order valence-electron chi connectivity index (χ4n) is 1.14. The van der Waals surface area contributed by atoms with E-state index in [2.05, 4.69) is 13.8 Å². The van der Waals surface area contributed by atoms with Crippen LogP contribution in [0.1, 0.15) is 0 Å². The normalized spacial score (nSPS) is 15.6. The molecule has 0 aliphatic carbocycles. The van der Waals surface area contributed by atoms with Crippen molar-refractivity contribution in [1.82, 2.24) is 0 Å². The molecule has 4 N–H and O–H groups in total. The molecule has 1 aliphatic rings. The van der Waals surface area contributed by atoms with Crippen LogP contribution in [0.3, 0.4) is 0 Å². The maximum absolute atomic E-state index is 10.5. The fourth-order valence-corrected chi connectivity index (χ4v) is 1.56. The van der Waals surface area contributed by atoms with Gasteiger partial charge in [-0.05, 0) is 12.2 Å². The number of carboxylic acid groups (broad SMARTS) is 2. The monoisotopic (exact) mass is 578 g/mol. The minimum absolute atomic E-state index is 0. The molecular formula is C12H12Mg3O18P2. The van der Waals surface area contributed by atoms with E-state index in [1.807, 2.05) is 0 Å². The first-order valence-electron chi connectivity index (χ1n) is 7.19. The minimum Gasteiger partial charge on any atom is -0.780 e. The van der Waals surface area contributed by atoms with Gasteiger partial charge < -0.3 is 82.7 Å². The summed E-state index contributed by atoms with van der Waals surface area (Å²) < 4.78 is 30.3. The largest absolute Gasteiger partial charge is 2.00 e. The average molecular weight is 579 g/mol. The second-order valence-corrected chi connectivity index (χ2v) is 6.87. The molecular weight excluding hydrogens is 567 g/mol. The van der Waals surface area contributed by atoms with Gasteiger partial charge in [-0.2, -0.15) is 0 Å². The van der Waals surface area contributed by atoms with E-state index in [0.29, 0.717) is 0 Å². The molecule has 0 bridgehead atoms. The van der Waals surface area contributed by atoms with Gasteiger partial charge in [0, 0.05) is 0 Å². The molecule has 0 spiro atoms. The van der Waals surface area contributed by atoms with Crippen molar-refractivity contribution < 1.29 is 87.5 Å². The predicted molar refractivity (Wildman–Crippen MR) is 98.2 cm³/mol. The maximum Gasteiger partial charge on any atom is 2.00 e. The van der Waals surface area contributed by atoms with Crippen molar-refractivity contribution in [1.29, 1.82) is 0 Å². The number of rotatable bonds is 8. The van der Waals surface area contributed by atoms with Gasteiger partial charge in [0.1, 0.15) is 21.7 Å². The summed E-state index contributed by atoms with van der Waals surface area (Å²) in [6.07, 6.45) is -1.75. The SMILES string of the molecule is O=C([O-])C=COP(=O)([O-])[O-].O=C([O-])C=COP(=O)([O-])[O-].O=C1O[C@H]([C@@H](O)CO)C(O)=C1O.[Mg+2].[Mg+2].[Mg+2]. The first kappa shape index (κ1) is 44.3. The van der Waals surface area contributed by atoms with E-state index in [-0.39, 0.29) is 93.8 Å². The quantitative estimate of drug-likeness (QED) is 0.0681. The summed E-state index contributed by atoms with van der Waals surface area (Å²) in [5.41, 5.74) is 0. The third-order valence-electron chi connectivity index (χ3n) is 2.26. The molecule has 0 amide bonds. The number of esters is 1. The third kappa shape index (κ3) is 26.2. The Morgan fingerprint density at radius 2 is 1.29 bits per heavy atom. The number of aliphatic hydroxyl groups is 4. The van der Waals surface area contributed by atoms with Crippen molar-refractivity contribution in [2.24, 2.45) is 0 Å². The van der Waals surface area contributed by atoms with Crippen molar-refractivity contribution in [3.8, 4) is 0 Å². The first-order valence-corrected chi connectivity index (χ1v) is 10.1. The van der Waals surface area contributed by atoms with E-state index in [4.69, 9.17) is 20.4 Å². The molecule has 0 fully saturated rings. The number of hydrogen-bond acceptors (Lipinski definition) is 18. The molecule has 0 radical (unpaired) electrons. The Morgan fingerprint density at radius 3 is 1.49 bits per heavy atom. The Kier molecular flexibility index (Phi) is 27.2. The second kappa shape index (κ2) is 21.4. The van der Waals surface area contributed by atoms with Gasteiger partial charge in [0.2, 0.25) is 5.76 Å². The van der Waals surface area contributed by atoms with Crippen LogP contribution in [0.15, 0.2) is 36.2 Å². The molecule has 35 heavy (non-hydrogen) atoms. The van der Waals surface area contributed by atoms with E-state index < -0.39 is 63.9 Å². The molecule has 0 aromatic rings. The Bertz CT molecular complexity index is 802. The number of aliphatic hydroxyl groups excluding tert-OH is 4. The Morgan fingerprint density at radius 1 is 0.943 bits per heavy atom. The van der Waals surface area contributed by atoms with Gasteiger partial charge in [0.05, 0.1) is 31.1 Å². The molecule has 1 rings (SSSR count). The van der Waals surface area contributed by atoms with Crippen LogP contribution in [0.5, 0.6) is 0 Å². The maximum atomic E-state index is 10.5. The predicted octanol–water partition coefficient (Wildman–Crippen LogP) is -8.36. The number of carbonyl (C=O) groups is 3. The van der Waals surface area contributed by atoms with Gasteiger partial charge in [0.15, 0.2) is 11.9 Å². The van der Waals surface area contributed by atoms with Gasteiger partial charge >= 0.3 is 75.1 Å². The smallest absolute Gasteiger partial charge is 0.780 e. The van der Waals surface area contributed by atoms with Gasteiger partial charge in [-0.15, -0.1) is 0 Å².